The maximum atomic E-state index is 13.6. The van der Waals surface area contributed by atoms with E-state index in [0.717, 1.165) is 29.7 Å². The lowest BCUT2D eigenvalue weighted by molar-refractivity contribution is -0.136. The standard InChI is InChI=1S/C28H34N4O3/c1-17(2)15-22(21(25(29)33)16-18-13-14-18)27(34)31-26-28(35)32(3)23-12-8-7-11-20(23)24(30-26)19-9-5-4-6-10-19/h4-12,17-18,21-22,26H,13-16H2,1-3H3,(H2,29,33)(H,31,34)/t21-,22-,26-/m1/s1. The number of fused-ring (bicyclic) bond motifs is 1. The molecule has 2 aliphatic rings. The molecule has 3 atom stereocenters. The molecule has 3 N–H and O–H groups in total. The fraction of sp³-hybridized carbons (Fsp3) is 0.429. The van der Waals surface area contributed by atoms with Crippen molar-refractivity contribution in [3.05, 3.63) is 65.7 Å². The third-order valence-electron chi connectivity index (χ3n) is 6.87. The summed E-state index contributed by atoms with van der Waals surface area (Å²) in [5.74, 6) is -1.67. The van der Waals surface area contributed by atoms with Crippen LogP contribution in [0.1, 0.15) is 50.7 Å². The average molecular weight is 475 g/mol. The average Bonchev–Trinajstić information content (AvgIpc) is 3.67. The third-order valence-corrected chi connectivity index (χ3v) is 6.87. The van der Waals surface area contributed by atoms with E-state index in [1.165, 1.54) is 4.90 Å². The van der Waals surface area contributed by atoms with E-state index in [1.54, 1.807) is 7.05 Å². The van der Waals surface area contributed by atoms with Gasteiger partial charge in [-0.05, 0) is 30.7 Å². The molecule has 0 radical (unpaired) electrons. The molecule has 7 nitrogen and oxygen atoms in total. The summed E-state index contributed by atoms with van der Waals surface area (Å²) < 4.78 is 0. The minimum absolute atomic E-state index is 0.187. The summed E-state index contributed by atoms with van der Waals surface area (Å²) >= 11 is 0. The number of nitrogens with one attached hydrogen (secondary N) is 1. The SMILES string of the molecule is CC(C)C[C@@H](C(=O)N[C@H]1N=C(c2ccccc2)c2ccccc2N(C)C1=O)[C@@H](CC1CC1)C(N)=O. The Balaban J connectivity index is 1.69. The molecule has 1 saturated carbocycles. The Morgan fingerprint density at radius 3 is 2.34 bits per heavy atom. The second kappa shape index (κ2) is 10.4. The molecule has 0 unspecified atom stereocenters. The normalized spacial score (nSPS) is 19.4. The number of likely N-dealkylation sites (N-methyl/N-ethyl adjacent to an activating group) is 1. The van der Waals surface area contributed by atoms with Crippen LogP contribution >= 0.6 is 0 Å². The van der Waals surface area contributed by atoms with E-state index in [0.29, 0.717) is 24.5 Å². The predicted octanol–water partition coefficient (Wildman–Crippen LogP) is 3.51. The maximum Gasteiger partial charge on any atom is 0.272 e. The molecule has 1 aliphatic carbocycles. The van der Waals surface area contributed by atoms with Gasteiger partial charge in [-0.15, -0.1) is 0 Å². The molecule has 0 aromatic heterocycles. The number of anilines is 1. The van der Waals surface area contributed by atoms with Crippen molar-refractivity contribution >= 4 is 29.1 Å². The van der Waals surface area contributed by atoms with Crippen molar-refractivity contribution in [2.45, 2.75) is 45.7 Å². The van der Waals surface area contributed by atoms with Gasteiger partial charge in [-0.2, -0.15) is 0 Å². The second-order valence-corrected chi connectivity index (χ2v) is 10.1. The van der Waals surface area contributed by atoms with Crippen LogP contribution in [0.5, 0.6) is 0 Å². The van der Waals surface area contributed by atoms with Gasteiger partial charge in [0.2, 0.25) is 18.0 Å². The lowest BCUT2D eigenvalue weighted by Gasteiger charge is -2.27. The number of amides is 3. The molecule has 4 rings (SSSR count). The zero-order chi connectivity index (χ0) is 25.1. The van der Waals surface area contributed by atoms with Crippen LogP contribution in [0.2, 0.25) is 0 Å². The third kappa shape index (κ3) is 5.61. The first-order chi connectivity index (χ1) is 16.8. The number of hydrogen-bond donors (Lipinski definition) is 2. The van der Waals surface area contributed by atoms with Crippen LogP contribution in [-0.2, 0) is 14.4 Å². The molecular formula is C28H34N4O3. The van der Waals surface area contributed by atoms with Crippen molar-refractivity contribution in [2.24, 2.45) is 34.4 Å². The van der Waals surface area contributed by atoms with Crippen LogP contribution in [0.3, 0.4) is 0 Å². The summed E-state index contributed by atoms with van der Waals surface area (Å²) in [5.41, 5.74) is 8.79. The van der Waals surface area contributed by atoms with E-state index in [-0.39, 0.29) is 17.7 Å². The number of para-hydroxylation sites is 1. The summed E-state index contributed by atoms with van der Waals surface area (Å²) in [4.78, 5) is 45.8. The van der Waals surface area contributed by atoms with Crippen molar-refractivity contribution in [1.29, 1.82) is 0 Å². The fourth-order valence-corrected chi connectivity index (χ4v) is 4.84. The number of carbonyl (C=O) groups excluding carboxylic acids is 3. The van der Waals surface area contributed by atoms with E-state index in [1.807, 2.05) is 68.4 Å². The van der Waals surface area contributed by atoms with E-state index >= 15 is 0 Å². The van der Waals surface area contributed by atoms with Gasteiger partial charge < -0.3 is 16.0 Å². The number of carbonyl (C=O) groups is 3. The number of aliphatic imine (C=N–C) groups is 1. The zero-order valence-corrected chi connectivity index (χ0v) is 20.6. The lowest BCUT2D eigenvalue weighted by Crippen LogP contribution is -2.50. The number of nitrogens with zero attached hydrogens (tertiary/aromatic N) is 2. The molecule has 184 valence electrons. The Bertz CT molecular complexity index is 1120. The highest BCUT2D eigenvalue weighted by Gasteiger charge is 2.39. The molecule has 1 heterocycles. The Labute approximate surface area is 206 Å². The first-order valence-corrected chi connectivity index (χ1v) is 12.4. The smallest absolute Gasteiger partial charge is 0.272 e. The van der Waals surface area contributed by atoms with Crippen LogP contribution < -0.4 is 16.0 Å². The first-order valence-electron chi connectivity index (χ1n) is 12.4. The van der Waals surface area contributed by atoms with Gasteiger partial charge in [0, 0.05) is 30.0 Å². The molecule has 1 aliphatic heterocycles. The molecule has 1 fully saturated rings. The van der Waals surface area contributed by atoms with Crippen LogP contribution in [0.4, 0.5) is 5.69 Å². The predicted molar refractivity (Wildman–Crippen MR) is 137 cm³/mol. The van der Waals surface area contributed by atoms with E-state index < -0.39 is 23.9 Å². The Morgan fingerprint density at radius 2 is 1.71 bits per heavy atom. The van der Waals surface area contributed by atoms with Gasteiger partial charge in [0.25, 0.3) is 5.91 Å². The second-order valence-electron chi connectivity index (χ2n) is 10.1. The minimum Gasteiger partial charge on any atom is -0.369 e. The quantitative estimate of drug-likeness (QED) is 0.581. The molecule has 0 spiro atoms. The van der Waals surface area contributed by atoms with Crippen molar-refractivity contribution in [3.63, 3.8) is 0 Å². The van der Waals surface area contributed by atoms with E-state index in [9.17, 15) is 14.4 Å². The highest BCUT2D eigenvalue weighted by Crippen LogP contribution is 2.39. The molecule has 35 heavy (non-hydrogen) atoms. The van der Waals surface area contributed by atoms with Gasteiger partial charge >= 0.3 is 0 Å². The van der Waals surface area contributed by atoms with Crippen LogP contribution in [0.15, 0.2) is 59.6 Å². The maximum absolute atomic E-state index is 13.6. The number of benzodiazepines with no additional fused rings is 1. The number of nitrogens with two attached hydrogens (primary N) is 1. The van der Waals surface area contributed by atoms with Gasteiger partial charge in [-0.25, -0.2) is 4.99 Å². The lowest BCUT2D eigenvalue weighted by atomic mass is 9.81. The summed E-state index contributed by atoms with van der Waals surface area (Å²) in [6, 6.07) is 17.2. The number of rotatable bonds is 9. The van der Waals surface area contributed by atoms with Crippen molar-refractivity contribution in [3.8, 4) is 0 Å². The molecular weight excluding hydrogens is 440 g/mol. The number of hydrogen-bond acceptors (Lipinski definition) is 4. The number of primary amides is 1. The fourth-order valence-electron chi connectivity index (χ4n) is 4.84. The molecule has 7 heteroatoms. The van der Waals surface area contributed by atoms with Crippen LogP contribution in [-0.4, -0.2) is 36.6 Å². The summed E-state index contributed by atoms with van der Waals surface area (Å²) in [6.45, 7) is 4.03. The zero-order valence-electron chi connectivity index (χ0n) is 20.6. The van der Waals surface area contributed by atoms with Gasteiger partial charge in [-0.3, -0.25) is 14.4 Å². The van der Waals surface area contributed by atoms with Gasteiger partial charge in [0.05, 0.1) is 11.4 Å². The largest absolute Gasteiger partial charge is 0.369 e. The molecule has 0 saturated heterocycles. The van der Waals surface area contributed by atoms with Gasteiger partial charge in [0.15, 0.2) is 0 Å². The topological polar surface area (TPSA) is 105 Å². The minimum atomic E-state index is -1.11. The van der Waals surface area contributed by atoms with Crippen molar-refractivity contribution in [1.82, 2.24) is 5.32 Å². The highest BCUT2D eigenvalue weighted by atomic mass is 16.2. The summed E-state index contributed by atoms with van der Waals surface area (Å²) in [7, 11) is 1.69. The van der Waals surface area contributed by atoms with Crippen LogP contribution in [0, 0.1) is 23.7 Å². The molecule has 3 amide bonds. The molecule has 2 aromatic carbocycles. The highest BCUT2D eigenvalue weighted by molar-refractivity contribution is 6.20. The monoisotopic (exact) mass is 474 g/mol. The Hall–Kier alpha value is -3.48. The van der Waals surface area contributed by atoms with Crippen molar-refractivity contribution in [2.75, 3.05) is 11.9 Å². The van der Waals surface area contributed by atoms with E-state index in [2.05, 4.69) is 5.32 Å². The van der Waals surface area contributed by atoms with Gasteiger partial charge in [-0.1, -0.05) is 75.2 Å². The molecule has 0 bridgehead atoms. The first kappa shape index (κ1) is 24.6. The molecule has 2 aromatic rings. The van der Waals surface area contributed by atoms with Gasteiger partial charge in [0.1, 0.15) is 0 Å². The Morgan fingerprint density at radius 1 is 1.06 bits per heavy atom. The summed E-state index contributed by atoms with van der Waals surface area (Å²) in [6.07, 6.45) is 2.14. The van der Waals surface area contributed by atoms with E-state index in [4.69, 9.17) is 10.7 Å². The number of benzene rings is 2. The summed E-state index contributed by atoms with van der Waals surface area (Å²) in [5, 5.41) is 2.88. The van der Waals surface area contributed by atoms with Crippen molar-refractivity contribution < 1.29 is 14.4 Å². The Kier molecular flexibility index (Phi) is 7.34. The van der Waals surface area contributed by atoms with Crippen LogP contribution in [0.25, 0.3) is 0 Å².